The Morgan fingerprint density at radius 1 is 1.61 bits per heavy atom. The molecule has 1 aliphatic heterocycles. The van der Waals surface area contributed by atoms with E-state index in [-0.39, 0.29) is 17.9 Å². The average Bonchev–Trinajstić information content (AvgIpc) is 2.41. The lowest BCUT2D eigenvalue weighted by atomic mass is 9.96. The number of oxime groups is 1. The molecule has 0 aliphatic carbocycles. The van der Waals surface area contributed by atoms with Gasteiger partial charge in [-0.1, -0.05) is 12.1 Å². The van der Waals surface area contributed by atoms with Crippen LogP contribution in [0.4, 0.5) is 5.69 Å². The van der Waals surface area contributed by atoms with E-state index < -0.39 is 0 Å². The van der Waals surface area contributed by atoms with E-state index in [1.165, 1.54) is 0 Å². The zero-order chi connectivity index (χ0) is 13.1. The molecule has 1 aliphatic rings. The summed E-state index contributed by atoms with van der Waals surface area (Å²) in [6, 6.07) is 1.72. The first-order valence-corrected chi connectivity index (χ1v) is 5.98. The maximum Gasteiger partial charge on any atom is 0.172 e. The minimum atomic E-state index is -0.259. The Morgan fingerprint density at radius 3 is 3.06 bits per heavy atom. The standard InChI is InChI=1S/C12H18N4O2/c1-8-7-16(5-3-11(8)17)10-6-14-4-2-9(10)12(13)15-18/h2,4,6,8,11,17-18H,3,5,7H2,1H3,(H2,13,15). The first-order valence-electron chi connectivity index (χ1n) is 5.98. The number of aliphatic hydroxyl groups is 1. The highest BCUT2D eigenvalue weighted by Gasteiger charge is 2.26. The highest BCUT2D eigenvalue weighted by Crippen LogP contribution is 2.25. The number of anilines is 1. The van der Waals surface area contributed by atoms with Crippen molar-refractivity contribution in [3.05, 3.63) is 24.0 Å². The van der Waals surface area contributed by atoms with Crippen LogP contribution in [0.5, 0.6) is 0 Å². The summed E-state index contributed by atoms with van der Waals surface area (Å²) in [6.45, 7) is 3.48. The molecule has 1 fully saturated rings. The summed E-state index contributed by atoms with van der Waals surface area (Å²) in [7, 11) is 0. The van der Waals surface area contributed by atoms with Crippen LogP contribution in [0.1, 0.15) is 18.9 Å². The van der Waals surface area contributed by atoms with Crippen molar-refractivity contribution in [2.75, 3.05) is 18.0 Å². The van der Waals surface area contributed by atoms with Crippen molar-refractivity contribution in [1.82, 2.24) is 4.98 Å². The molecule has 1 aromatic heterocycles. The molecule has 6 heteroatoms. The lowest BCUT2D eigenvalue weighted by molar-refractivity contribution is 0.0971. The minimum absolute atomic E-state index is 0.0752. The maximum absolute atomic E-state index is 9.74. The van der Waals surface area contributed by atoms with E-state index in [2.05, 4.69) is 15.0 Å². The number of hydrogen-bond donors (Lipinski definition) is 3. The average molecular weight is 250 g/mol. The van der Waals surface area contributed by atoms with E-state index in [0.717, 1.165) is 18.8 Å². The number of nitrogens with zero attached hydrogens (tertiary/aromatic N) is 3. The van der Waals surface area contributed by atoms with Gasteiger partial charge in [-0.25, -0.2) is 0 Å². The van der Waals surface area contributed by atoms with Crippen LogP contribution in [-0.2, 0) is 0 Å². The molecule has 4 N–H and O–H groups in total. The van der Waals surface area contributed by atoms with Crippen LogP contribution in [0.2, 0.25) is 0 Å². The third kappa shape index (κ3) is 2.38. The number of aromatic nitrogens is 1. The third-order valence-electron chi connectivity index (χ3n) is 3.38. The third-order valence-corrected chi connectivity index (χ3v) is 3.38. The SMILES string of the molecule is CC1CN(c2cnccc2/C(N)=N/O)CCC1O. The van der Waals surface area contributed by atoms with Crippen molar-refractivity contribution in [2.24, 2.45) is 16.8 Å². The number of amidine groups is 1. The fourth-order valence-corrected chi connectivity index (χ4v) is 2.26. The Bertz CT molecular complexity index is 449. The van der Waals surface area contributed by atoms with Crippen molar-refractivity contribution in [3.63, 3.8) is 0 Å². The monoisotopic (exact) mass is 250 g/mol. The molecule has 0 spiro atoms. The highest BCUT2D eigenvalue weighted by atomic mass is 16.4. The Kier molecular flexibility index (Phi) is 3.66. The fraction of sp³-hybridized carbons (Fsp3) is 0.500. The summed E-state index contributed by atoms with van der Waals surface area (Å²) >= 11 is 0. The number of aliphatic hydroxyl groups excluding tert-OH is 1. The van der Waals surface area contributed by atoms with Gasteiger partial charge in [-0.05, 0) is 18.4 Å². The van der Waals surface area contributed by atoms with Gasteiger partial charge in [0.15, 0.2) is 5.84 Å². The van der Waals surface area contributed by atoms with Gasteiger partial charge in [-0.15, -0.1) is 0 Å². The number of piperidine rings is 1. The highest BCUT2D eigenvalue weighted by molar-refractivity contribution is 6.02. The molecule has 0 bridgehead atoms. The Morgan fingerprint density at radius 2 is 2.39 bits per heavy atom. The Balaban J connectivity index is 2.28. The molecule has 2 unspecified atom stereocenters. The maximum atomic E-state index is 9.74. The molecule has 1 aromatic rings. The van der Waals surface area contributed by atoms with Gasteiger partial charge in [0.1, 0.15) is 0 Å². The molecular weight excluding hydrogens is 232 g/mol. The molecule has 1 saturated heterocycles. The molecule has 0 saturated carbocycles. The predicted molar refractivity (Wildman–Crippen MR) is 68.7 cm³/mol. The molecule has 2 rings (SSSR count). The summed E-state index contributed by atoms with van der Waals surface area (Å²) in [5, 5.41) is 21.6. The quantitative estimate of drug-likeness (QED) is 0.305. The van der Waals surface area contributed by atoms with Gasteiger partial charge in [-0.2, -0.15) is 0 Å². The van der Waals surface area contributed by atoms with Crippen LogP contribution in [0.3, 0.4) is 0 Å². The lowest BCUT2D eigenvalue weighted by Crippen LogP contribution is -2.42. The van der Waals surface area contributed by atoms with Crippen molar-refractivity contribution in [2.45, 2.75) is 19.4 Å². The van der Waals surface area contributed by atoms with Crippen molar-refractivity contribution in [3.8, 4) is 0 Å². The summed E-state index contributed by atoms with van der Waals surface area (Å²) in [5.74, 6) is 0.269. The van der Waals surface area contributed by atoms with Gasteiger partial charge in [0.2, 0.25) is 0 Å². The number of nitrogens with two attached hydrogens (primary N) is 1. The van der Waals surface area contributed by atoms with Crippen LogP contribution < -0.4 is 10.6 Å². The second-order valence-electron chi connectivity index (χ2n) is 4.66. The second-order valence-corrected chi connectivity index (χ2v) is 4.66. The van der Waals surface area contributed by atoms with E-state index in [1.54, 1.807) is 18.5 Å². The fourth-order valence-electron chi connectivity index (χ4n) is 2.26. The van der Waals surface area contributed by atoms with E-state index in [9.17, 15) is 5.11 Å². The molecule has 2 heterocycles. The number of pyridine rings is 1. The molecule has 98 valence electrons. The minimum Gasteiger partial charge on any atom is -0.409 e. The van der Waals surface area contributed by atoms with Crippen molar-refractivity contribution >= 4 is 11.5 Å². The molecule has 0 radical (unpaired) electrons. The predicted octanol–water partition coefficient (Wildman–Crippen LogP) is 0.383. The lowest BCUT2D eigenvalue weighted by Gasteiger charge is -2.36. The summed E-state index contributed by atoms with van der Waals surface area (Å²) in [4.78, 5) is 6.19. The molecule has 18 heavy (non-hydrogen) atoms. The number of rotatable bonds is 2. The largest absolute Gasteiger partial charge is 0.409 e. The Hall–Kier alpha value is -1.82. The van der Waals surface area contributed by atoms with E-state index in [1.807, 2.05) is 6.92 Å². The first kappa shape index (κ1) is 12.6. The zero-order valence-electron chi connectivity index (χ0n) is 10.3. The van der Waals surface area contributed by atoms with Crippen LogP contribution in [0.15, 0.2) is 23.6 Å². The van der Waals surface area contributed by atoms with E-state index in [4.69, 9.17) is 10.9 Å². The molecule has 2 atom stereocenters. The van der Waals surface area contributed by atoms with Gasteiger partial charge in [-0.3, -0.25) is 4.98 Å². The van der Waals surface area contributed by atoms with Gasteiger partial charge in [0.25, 0.3) is 0 Å². The number of hydrogen-bond acceptors (Lipinski definition) is 5. The molecular formula is C12H18N4O2. The van der Waals surface area contributed by atoms with Gasteiger partial charge >= 0.3 is 0 Å². The van der Waals surface area contributed by atoms with E-state index in [0.29, 0.717) is 12.0 Å². The normalized spacial score (nSPS) is 25.2. The van der Waals surface area contributed by atoms with Crippen molar-refractivity contribution < 1.29 is 10.3 Å². The smallest absolute Gasteiger partial charge is 0.172 e. The van der Waals surface area contributed by atoms with E-state index >= 15 is 0 Å². The van der Waals surface area contributed by atoms with Crippen LogP contribution in [-0.4, -0.2) is 40.3 Å². The summed E-state index contributed by atoms with van der Waals surface area (Å²) in [6.07, 6.45) is 3.77. The first-order chi connectivity index (χ1) is 8.63. The van der Waals surface area contributed by atoms with Gasteiger partial charge in [0, 0.05) is 24.8 Å². The summed E-state index contributed by atoms with van der Waals surface area (Å²) in [5.41, 5.74) is 7.16. The molecule has 6 nitrogen and oxygen atoms in total. The second kappa shape index (κ2) is 5.22. The van der Waals surface area contributed by atoms with Crippen molar-refractivity contribution in [1.29, 1.82) is 0 Å². The van der Waals surface area contributed by atoms with Gasteiger partial charge < -0.3 is 20.9 Å². The van der Waals surface area contributed by atoms with Crippen LogP contribution >= 0.6 is 0 Å². The van der Waals surface area contributed by atoms with Gasteiger partial charge in [0.05, 0.1) is 18.0 Å². The zero-order valence-corrected chi connectivity index (χ0v) is 10.3. The molecule has 0 aromatic carbocycles. The van der Waals surface area contributed by atoms with Crippen LogP contribution in [0.25, 0.3) is 0 Å². The van der Waals surface area contributed by atoms with Crippen LogP contribution in [0, 0.1) is 5.92 Å². The topological polar surface area (TPSA) is 95.0 Å². The Labute approximate surface area is 106 Å². The molecule has 0 amide bonds. The summed E-state index contributed by atoms with van der Waals surface area (Å²) < 4.78 is 0.